The lowest BCUT2D eigenvalue weighted by Crippen LogP contribution is -2.37. The molecule has 0 fully saturated rings. The van der Waals surface area contributed by atoms with Gasteiger partial charge >= 0.3 is 0 Å². The molecule has 2 aromatic heterocycles. The van der Waals surface area contributed by atoms with Gasteiger partial charge in [-0.05, 0) is 39.0 Å². The Bertz CT molecular complexity index is 695. The number of hydrogen-bond donors (Lipinski definition) is 2. The number of aryl methyl sites for hydroxylation is 2. The van der Waals surface area contributed by atoms with Crippen LogP contribution in [0.2, 0.25) is 0 Å². The molecule has 6 nitrogen and oxygen atoms in total. The number of hydrogen-bond acceptors (Lipinski definition) is 4. The van der Waals surface area contributed by atoms with Gasteiger partial charge in [0.2, 0.25) is 5.91 Å². The second-order valence-electron chi connectivity index (χ2n) is 5.54. The Kier molecular flexibility index (Phi) is 4.51. The first kappa shape index (κ1) is 16.0. The normalized spacial score (nSPS) is 14.2. The van der Waals surface area contributed by atoms with Crippen molar-refractivity contribution in [2.75, 3.05) is 6.54 Å². The molecule has 6 heteroatoms. The summed E-state index contributed by atoms with van der Waals surface area (Å²) < 4.78 is 7.14. The van der Waals surface area contributed by atoms with Crippen LogP contribution in [0.4, 0.5) is 0 Å². The summed E-state index contributed by atoms with van der Waals surface area (Å²) in [6.45, 7) is 5.39. The van der Waals surface area contributed by atoms with Crippen molar-refractivity contribution in [3.8, 4) is 0 Å². The van der Waals surface area contributed by atoms with Gasteiger partial charge in [0.15, 0.2) is 0 Å². The first-order chi connectivity index (χ1) is 10.3. The summed E-state index contributed by atoms with van der Waals surface area (Å²) in [5.74, 6) is 0.859. The molecule has 2 heterocycles. The van der Waals surface area contributed by atoms with Crippen molar-refractivity contribution in [2.24, 2.45) is 7.05 Å². The summed E-state index contributed by atoms with van der Waals surface area (Å²) in [5, 5.41) is 17.1. The highest BCUT2D eigenvalue weighted by atomic mass is 16.4. The minimum Gasteiger partial charge on any atom is -0.463 e. The number of amides is 1. The summed E-state index contributed by atoms with van der Waals surface area (Å²) in [6.07, 6.45) is 4.82. The third-order valence-electron chi connectivity index (χ3n) is 3.57. The molecule has 0 saturated heterocycles. The molecule has 0 aliphatic carbocycles. The van der Waals surface area contributed by atoms with Crippen LogP contribution in [0.25, 0.3) is 6.08 Å². The largest absolute Gasteiger partial charge is 0.463 e. The van der Waals surface area contributed by atoms with E-state index in [0.29, 0.717) is 11.5 Å². The average Bonchev–Trinajstić information content (AvgIpc) is 3.03. The highest BCUT2D eigenvalue weighted by Crippen LogP contribution is 2.21. The fourth-order valence-electron chi connectivity index (χ4n) is 1.97. The molecule has 0 aromatic carbocycles. The van der Waals surface area contributed by atoms with Crippen LogP contribution in [0.15, 0.2) is 28.8 Å². The van der Waals surface area contributed by atoms with Crippen molar-refractivity contribution < 1.29 is 14.3 Å². The lowest BCUT2D eigenvalue weighted by molar-refractivity contribution is -0.117. The standard InChI is InChI=1S/C16H21N3O3/c1-11-5-7-14(22-11)16(3,21)10-17-15(20)8-6-13-9-18-19(4)12(13)2/h5-9,21H,10H2,1-4H3,(H,17,20)/b8-6+. The van der Waals surface area contributed by atoms with Gasteiger partial charge in [0.1, 0.15) is 17.1 Å². The second kappa shape index (κ2) is 6.19. The Labute approximate surface area is 129 Å². The van der Waals surface area contributed by atoms with Gasteiger partial charge < -0.3 is 14.8 Å². The zero-order valence-electron chi connectivity index (χ0n) is 13.3. The number of carbonyl (C=O) groups excluding carboxylic acids is 1. The Morgan fingerprint density at radius 1 is 1.50 bits per heavy atom. The fraction of sp³-hybridized carbons (Fsp3) is 0.375. The van der Waals surface area contributed by atoms with Crippen LogP contribution in [0.5, 0.6) is 0 Å². The van der Waals surface area contributed by atoms with Crippen LogP contribution in [-0.4, -0.2) is 27.3 Å². The van der Waals surface area contributed by atoms with Gasteiger partial charge in [-0.3, -0.25) is 9.48 Å². The van der Waals surface area contributed by atoms with Gasteiger partial charge in [0.25, 0.3) is 0 Å². The van der Waals surface area contributed by atoms with Crippen molar-refractivity contribution >= 4 is 12.0 Å². The zero-order valence-corrected chi connectivity index (χ0v) is 13.3. The fourth-order valence-corrected chi connectivity index (χ4v) is 1.97. The van der Waals surface area contributed by atoms with E-state index in [-0.39, 0.29) is 12.5 Å². The molecule has 1 unspecified atom stereocenters. The second-order valence-corrected chi connectivity index (χ2v) is 5.54. The van der Waals surface area contributed by atoms with Gasteiger partial charge in [-0.25, -0.2) is 0 Å². The Morgan fingerprint density at radius 3 is 2.77 bits per heavy atom. The van der Waals surface area contributed by atoms with Crippen molar-refractivity contribution in [3.63, 3.8) is 0 Å². The Balaban J connectivity index is 1.94. The molecule has 2 rings (SSSR count). The number of carbonyl (C=O) groups is 1. The van der Waals surface area contributed by atoms with Crippen LogP contribution >= 0.6 is 0 Å². The lowest BCUT2D eigenvalue weighted by Gasteiger charge is -2.20. The quantitative estimate of drug-likeness (QED) is 0.823. The van der Waals surface area contributed by atoms with E-state index in [4.69, 9.17) is 4.42 Å². The zero-order chi connectivity index (χ0) is 16.3. The molecular formula is C16H21N3O3. The van der Waals surface area contributed by atoms with Crippen molar-refractivity contribution in [1.29, 1.82) is 0 Å². The molecule has 1 atom stereocenters. The number of aromatic nitrogens is 2. The summed E-state index contributed by atoms with van der Waals surface area (Å²) in [6, 6.07) is 3.48. The molecule has 1 amide bonds. The minimum atomic E-state index is -1.25. The Hall–Kier alpha value is -2.34. The number of aliphatic hydroxyl groups is 1. The van der Waals surface area contributed by atoms with E-state index in [1.165, 1.54) is 6.08 Å². The predicted octanol–water partition coefficient (Wildman–Crippen LogP) is 1.67. The van der Waals surface area contributed by atoms with E-state index in [1.54, 1.807) is 42.9 Å². The topological polar surface area (TPSA) is 80.3 Å². The smallest absolute Gasteiger partial charge is 0.244 e. The predicted molar refractivity (Wildman–Crippen MR) is 83.0 cm³/mol. The first-order valence-electron chi connectivity index (χ1n) is 7.03. The summed E-state index contributed by atoms with van der Waals surface area (Å²) >= 11 is 0. The highest BCUT2D eigenvalue weighted by molar-refractivity contribution is 5.91. The number of nitrogens with one attached hydrogen (secondary N) is 1. The molecule has 0 spiro atoms. The third-order valence-corrected chi connectivity index (χ3v) is 3.57. The number of furan rings is 1. The summed E-state index contributed by atoms with van der Waals surface area (Å²) in [5.41, 5.74) is 0.607. The number of nitrogens with zero attached hydrogens (tertiary/aromatic N) is 2. The molecule has 22 heavy (non-hydrogen) atoms. The van der Waals surface area contributed by atoms with Crippen molar-refractivity contribution in [2.45, 2.75) is 26.4 Å². The molecular weight excluding hydrogens is 282 g/mol. The van der Waals surface area contributed by atoms with Gasteiger partial charge in [-0.2, -0.15) is 5.10 Å². The van der Waals surface area contributed by atoms with Crippen molar-refractivity contribution in [1.82, 2.24) is 15.1 Å². The van der Waals surface area contributed by atoms with Gasteiger partial charge in [-0.15, -0.1) is 0 Å². The van der Waals surface area contributed by atoms with E-state index in [1.807, 2.05) is 14.0 Å². The maximum atomic E-state index is 11.9. The maximum absolute atomic E-state index is 11.9. The lowest BCUT2D eigenvalue weighted by atomic mass is 10.0. The van der Waals surface area contributed by atoms with Crippen LogP contribution in [0.1, 0.15) is 29.7 Å². The molecule has 0 bridgehead atoms. The van der Waals surface area contributed by atoms with E-state index >= 15 is 0 Å². The van der Waals surface area contributed by atoms with E-state index in [9.17, 15) is 9.90 Å². The molecule has 118 valence electrons. The summed E-state index contributed by atoms with van der Waals surface area (Å²) in [7, 11) is 1.84. The van der Waals surface area contributed by atoms with Crippen LogP contribution in [0.3, 0.4) is 0 Å². The molecule has 2 N–H and O–H groups in total. The molecule has 2 aromatic rings. The van der Waals surface area contributed by atoms with Gasteiger partial charge in [0.05, 0.1) is 12.7 Å². The van der Waals surface area contributed by atoms with E-state index in [2.05, 4.69) is 10.4 Å². The monoisotopic (exact) mass is 303 g/mol. The Morgan fingerprint density at radius 2 is 2.23 bits per heavy atom. The van der Waals surface area contributed by atoms with Gasteiger partial charge in [0, 0.05) is 24.4 Å². The van der Waals surface area contributed by atoms with E-state index < -0.39 is 5.60 Å². The van der Waals surface area contributed by atoms with Crippen LogP contribution in [-0.2, 0) is 17.4 Å². The minimum absolute atomic E-state index is 0.0646. The summed E-state index contributed by atoms with van der Waals surface area (Å²) in [4.78, 5) is 11.9. The van der Waals surface area contributed by atoms with Gasteiger partial charge in [-0.1, -0.05) is 0 Å². The maximum Gasteiger partial charge on any atom is 0.244 e. The third kappa shape index (κ3) is 3.65. The van der Waals surface area contributed by atoms with Crippen molar-refractivity contribution in [3.05, 3.63) is 47.2 Å². The number of rotatable bonds is 5. The van der Waals surface area contributed by atoms with E-state index in [0.717, 1.165) is 11.3 Å². The SMILES string of the molecule is Cc1ccc(C(C)(O)CNC(=O)/C=C/c2cnn(C)c2C)o1. The average molecular weight is 303 g/mol. The molecule has 0 radical (unpaired) electrons. The molecule has 0 aliphatic heterocycles. The first-order valence-corrected chi connectivity index (χ1v) is 7.03. The molecule has 0 aliphatic rings. The van der Waals surface area contributed by atoms with Crippen LogP contribution < -0.4 is 5.32 Å². The highest BCUT2D eigenvalue weighted by Gasteiger charge is 2.27. The molecule has 0 saturated carbocycles. The van der Waals surface area contributed by atoms with Crippen LogP contribution in [0, 0.1) is 13.8 Å².